The predicted molar refractivity (Wildman–Crippen MR) is 127 cm³/mol. The minimum Gasteiger partial charge on any atom is -0.345 e. The molecule has 0 aliphatic rings. The summed E-state index contributed by atoms with van der Waals surface area (Å²) in [6.07, 6.45) is 0. The molecule has 0 saturated heterocycles. The molecule has 4 aromatic rings. The molecule has 172 valence electrons. The third kappa shape index (κ3) is 4.02. The molecule has 8 heteroatoms. The lowest BCUT2D eigenvalue weighted by molar-refractivity contribution is 0.0823. The molecule has 4 rings (SSSR count). The van der Waals surface area contributed by atoms with E-state index in [4.69, 9.17) is 0 Å². The molecule has 0 unspecified atom stereocenters. The van der Waals surface area contributed by atoms with E-state index in [9.17, 15) is 14.4 Å². The van der Waals surface area contributed by atoms with Crippen LogP contribution in [0.25, 0.3) is 33.3 Å². The number of carbonyl (C=O) groups excluding carboxylic acids is 1. The van der Waals surface area contributed by atoms with E-state index in [-0.39, 0.29) is 5.56 Å². The van der Waals surface area contributed by atoms with Crippen molar-refractivity contribution in [3.63, 3.8) is 0 Å². The number of hydrogen-bond acceptors (Lipinski definition) is 4. The zero-order chi connectivity index (χ0) is 24.6. The van der Waals surface area contributed by atoms with E-state index in [1.165, 1.54) is 23.1 Å². The Morgan fingerprint density at radius 1 is 1.15 bits per heavy atom. The Labute approximate surface area is 195 Å². The number of nitrogens with zero attached hydrogens (tertiary/aromatic N) is 3. The number of nitriles is 1. The zero-order valence-electron chi connectivity index (χ0n) is 19.3. The van der Waals surface area contributed by atoms with Gasteiger partial charge in [-0.05, 0) is 55.4 Å². The summed E-state index contributed by atoms with van der Waals surface area (Å²) in [5, 5.41) is 20.5. The molecule has 0 atom stereocenters. The van der Waals surface area contributed by atoms with Gasteiger partial charge in [-0.25, -0.2) is 8.78 Å². The van der Waals surface area contributed by atoms with Gasteiger partial charge in [-0.3, -0.25) is 9.89 Å². The summed E-state index contributed by atoms with van der Waals surface area (Å²) in [6, 6.07) is 13.1. The molecule has 0 fully saturated rings. The van der Waals surface area contributed by atoms with Crippen molar-refractivity contribution in [2.24, 2.45) is 0 Å². The molecule has 1 aromatic heterocycles. The molecule has 0 aliphatic carbocycles. The summed E-state index contributed by atoms with van der Waals surface area (Å²) in [5.41, 5.74) is 3.98. The lowest BCUT2D eigenvalue weighted by Gasteiger charge is -2.13. The van der Waals surface area contributed by atoms with Crippen LogP contribution in [-0.2, 0) is 6.54 Å². The quantitative estimate of drug-likeness (QED) is 0.450. The molecule has 0 saturated carbocycles. The van der Waals surface area contributed by atoms with Crippen LogP contribution < -0.4 is 5.32 Å². The first kappa shape index (κ1) is 23.1. The third-order valence-corrected chi connectivity index (χ3v) is 5.70. The SMILES string of the molecule is CNCc1cc(C)c(-c2cc3c(-c4ccc(C(=O)N(C)C)c(F)c4)n[nH]c3cc2C#N)c(F)c1. The Kier molecular flexibility index (Phi) is 6.14. The van der Waals surface area contributed by atoms with Gasteiger partial charge >= 0.3 is 0 Å². The van der Waals surface area contributed by atoms with Crippen LogP contribution in [0.2, 0.25) is 0 Å². The van der Waals surface area contributed by atoms with Crippen LogP contribution in [0.5, 0.6) is 0 Å². The maximum atomic E-state index is 15.2. The number of H-pyrrole nitrogens is 1. The van der Waals surface area contributed by atoms with Gasteiger partial charge < -0.3 is 10.2 Å². The van der Waals surface area contributed by atoms with Gasteiger partial charge in [0.15, 0.2) is 0 Å². The van der Waals surface area contributed by atoms with Gasteiger partial charge in [0.25, 0.3) is 5.91 Å². The molecule has 1 amide bonds. The van der Waals surface area contributed by atoms with E-state index in [1.54, 1.807) is 46.3 Å². The molecule has 1 heterocycles. The Hall–Kier alpha value is -4.09. The van der Waals surface area contributed by atoms with Crippen LogP contribution in [0.1, 0.15) is 27.0 Å². The Balaban J connectivity index is 1.88. The number of rotatable bonds is 5. The molecular weight excluding hydrogens is 436 g/mol. The Morgan fingerprint density at radius 2 is 1.91 bits per heavy atom. The largest absolute Gasteiger partial charge is 0.345 e. The van der Waals surface area contributed by atoms with Crippen LogP contribution in [0.3, 0.4) is 0 Å². The number of amides is 1. The first-order valence-corrected chi connectivity index (χ1v) is 10.6. The van der Waals surface area contributed by atoms with E-state index < -0.39 is 17.5 Å². The summed E-state index contributed by atoms with van der Waals surface area (Å²) < 4.78 is 29.9. The van der Waals surface area contributed by atoms with Gasteiger partial charge in [-0.15, -0.1) is 0 Å². The molecule has 0 radical (unpaired) electrons. The second-order valence-corrected chi connectivity index (χ2v) is 8.32. The molecule has 0 aliphatic heterocycles. The monoisotopic (exact) mass is 459 g/mol. The van der Waals surface area contributed by atoms with Crippen LogP contribution >= 0.6 is 0 Å². The number of hydrogen-bond donors (Lipinski definition) is 2. The van der Waals surface area contributed by atoms with Crippen LogP contribution in [-0.4, -0.2) is 42.1 Å². The van der Waals surface area contributed by atoms with Crippen LogP contribution in [0.15, 0.2) is 42.5 Å². The lowest BCUT2D eigenvalue weighted by atomic mass is 9.92. The standard InChI is InChI=1S/C26H23F2N5O/c1-14-7-15(13-30-2)8-22(28)24(14)19-11-20-23(10-17(19)12-29)31-32-25(20)16-5-6-18(21(27)9-16)26(34)33(3)4/h5-11,30H,13H2,1-4H3,(H,31,32). The Bertz CT molecular complexity index is 1440. The highest BCUT2D eigenvalue weighted by Gasteiger charge is 2.20. The second-order valence-electron chi connectivity index (χ2n) is 8.32. The maximum absolute atomic E-state index is 15.2. The first-order chi connectivity index (χ1) is 16.2. The molecular formula is C26H23F2N5O. The average Bonchev–Trinajstić information content (AvgIpc) is 3.20. The summed E-state index contributed by atoms with van der Waals surface area (Å²) in [7, 11) is 4.89. The van der Waals surface area contributed by atoms with Crippen molar-refractivity contribution in [3.05, 3.63) is 76.4 Å². The fourth-order valence-corrected chi connectivity index (χ4v) is 4.12. The number of benzene rings is 3. The van der Waals surface area contributed by atoms with E-state index in [0.29, 0.717) is 51.0 Å². The molecule has 3 aromatic carbocycles. The Morgan fingerprint density at radius 3 is 2.53 bits per heavy atom. The number of aromatic nitrogens is 2. The zero-order valence-corrected chi connectivity index (χ0v) is 19.3. The average molecular weight is 460 g/mol. The van der Waals surface area contributed by atoms with E-state index >= 15 is 4.39 Å². The third-order valence-electron chi connectivity index (χ3n) is 5.70. The van der Waals surface area contributed by atoms with Crippen molar-refractivity contribution in [2.45, 2.75) is 13.5 Å². The summed E-state index contributed by atoms with van der Waals surface area (Å²) >= 11 is 0. The van der Waals surface area contributed by atoms with Crippen molar-refractivity contribution >= 4 is 16.8 Å². The number of halogens is 2. The van der Waals surface area contributed by atoms with Gasteiger partial charge in [0.2, 0.25) is 0 Å². The van der Waals surface area contributed by atoms with Gasteiger partial charge in [-0.2, -0.15) is 10.4 Å². The number of aromatic amines is 1. The van der Waals surface area contributed by atoms with Crippen molar-refractivity contribution < 1.29 is 13.6 Å². The van der Waals surface area contributed by atoms with Crippen molar-refractivity contribution in [2.75, 3.05) is 21.1 Å². The van der Waals surface area contributed by atoms with Gasteiger partial charge in [0.1, 0.15) is 17.3 Å². The maximum Gasteiger partial charge on any atom is 0.256 e. The first-order valence-electron chi connectivity index (χ1n) is 10.6. The van der Waals surface area contributed by atoms with E-state index in [1.807, 2.05) is 6.07 Å². The fraction of sp³-hybridized carbons (Fsp3) is 0.192. The summed E-state index contributed by atoms with van der Waals surface area (Å²) in [4.78, 5) is 13.5. The number of fused-ring (bicyclic) bond motifs is 1. The van der Waals surface area contributed by atoms with E-state index in [2.05, 4.69) is 21.6 Å². The smallest absolute Gasteiger partial charge is 0.256 e. The topological polar surface area (TPSA) is 84.8 Å². The second kappa shape index (κ2) is 9.04. The van der Waals surface area contributed by atoms with Crippen molar-refractivity contribution in [1.29, 1.82) is 5.26 Å². The summed E-state index contributed by atoms with van der Waals surface area (Å²) in [6.45, 7) is 2.32. The van der Waals surface area contributed by atoms with Gasteiger partial charge in [0, 0.05) is 42.7 Å². The summed E-state index contributed by atoms with van der Waals surface area (Å²) in [5.74, 6) is -1.53. The minimum absolute atomic E-state index is 0.0413. The number of aryl methyl sites for hydroxylation is 1. The molecule has 6 nitrogen and oxygen atoms in total. The molecule has 2 N–H and O–H groups in total. The molecule has 0 spiro atoms. The highest BCUT2D eigenvalue weighted by molar-refractivity contribution is 5.99. The number of carbonyl (C=O) groups is 1. The van der Waals surface area contributed by atoms with Crippen LogP contribution in [0, 0.1) is 29.9 Å². The normalized spacial score (nSPS) is 11.0. The minimum atomic E-state index is -0.664. The lowest BCUT2D eigenvalue weighted by Crippen LogP contribution is -2.22. The van der Waals surface area contributed by atoms with E-state index in [0.717, 1.165) is 5.56 Å². The highest BCUT2D eigenvalue weighted by Crippen LogP contribution is 2.36. The van der Waals surface area contributed by atoms with Crippen molar-refractivity contribution in [1.82, 2.24) is 20.4 Å². The van der Waals surface area contributed by atoms with Gasteiger partial charge in [-0.1, -0.05) is 12.1 Å². The van der Waals surface area contributed by atoms with Crippen LogP contribution in [0.4, 0.5) is 8.78 Å². The fourth-order valence-electron chi connectivity index (χ4n) is 4.12. The molecule has 0 bridgehead atoms. The highest BCUT2D eigenvalue weighted by atomic mass is 19.1. The number of nitrogens with one attached hydrogen (secondary N) is 2. The van der Waals surface area contributed by atoms with Gasteiger partial charge in [0.05, 0.1) is 22.7 Å². The molecule has 34 heavy (non-hydrogen) atoms. The van der Waals surface area contributed by atoms with Crippen molar-refractivity contribution in [3.8, 4) is 28.5 Å². The predicted octanol–water partition coefficient (Wildman–Crippen LogP) is 4.78.